The molecule has 12 nitrogen and oxygen atoms in total. The fraction of sp³-hybridized carbons (Fsp3) is 0.889. The summed E-state index contributed by atoms with van der Waals surface area (Å²) < 4.78 is 35.1. The van der Waals surface area contributed by atoms with Gasteiger partial charge >= 0.3 is 16.4 Å². The maximum absolute atomic E-state index is 12.5. The van der Waals surface area contributed by atoms with E-state index in [0.717, 1.165) is 19.5 Å². The molecule has 0 radical (unpaired) electrons. The van der Waals surface area contributed by atoms with Crippen molar-refractivity contribution >= 4 is 22.3 Å². The van der Waals surface area contributed by atoms with Gasteiger partial charge in [-0.05, 0) is 57.7 Å². The molecule has 3 amide bonds. The largest absolute Gasteiger partial charge is 0.418 e. The van der Waals surface area contributed by atoms with Gasteiger partial charge in [-0.25, -0.2) is 10.3 Å². The number of nitrogens with zero attached hydrogens (tertiary/aromatic N) is 3. The highest BCUT2D eigenvalue weighted by Crippen LogP contribution is 2.30. The number of rotatable bonds is 8. The number of likely N-dealkylation sites (tertiary alicyclic amines) is 1. The molecule has 4 rings (SSSR count). The first-order valence-electron chi connectivity index (χ1n) is 10.9. The maximum atomic E-state index is 12.5. The first-order valence-corrected chi connectivity index (χ1v) is 12.3. The molecule has 0 saturated carbocycles. The molecule has 0 unspecified atom stereocenters. The van der Waals surface area contributed by atoms with E-state index in [9.17, 15) is 18.0 Å². The van der Waals surface area contributed by atoms with Gasteiger partial charge in [0.1, 0.15) is 6.04 Å². The molecule has 4 aliphatic rings. The van der Waals surface area contributed by atoms with E-state index < -0.39 is 34.4 Å². The van der Waals surface area contributed by atoms with E-state index in [0.29, 0.717) is 30.4 Å². The minimum Gasteiger partial charge on any atom is -0.311 e. The Morgan fingerprint density at radius 2 is 2.00 bits per heavy atom. The topological polar surface area (TPSA) is 141 Å². The van der Waals surface area contributed by atoms with Crippen molar-refractivity contribution in [2.24, 2.45) is 5.92 Å². The second-order valence-corrected chi connectivity index (χ2v) is 9.86. The van der Waals surface area contributed by atoms with E-state index in [1.165, 1.54) is 37.3 Å². The Morgan fingerprint density at radius 3 is 2.74 bits per heavy atom. The van der Waals surface area contributed by atoms with Gasteiger partial charge in [-0.3, -0.25) is 14.2 Å². The van der Waals surface area contributed by atoms with Crippen LogP contribution in [0.4, 0.5) is 4.79 Å². The standard InChI is InChI=1S/C18H31N5O7S/c24-17(16-5-4-15-11-22(16)18(25)23(15)30-31(26,27)28)20-29-12-14-8-13(9-19-14)10-21-6-2-1-3-7-21/h13-16,19H,1-12H2,(H,20,24)(H,26,27,28)/t13-,14-,15+,16-/m0/s1. The second-order valence-electron chi connectivity index (χ2n) is 8.86. The van der Waals surface area contributed by atoms with Crippen molar-refractivity contribution in [3.8, 4) is 0 Å². The Hall–Kier alpha value is -1.51. The molecule has 31 heavy (non-hydrogen) atoms. The molecule has 4 heterocycles. The number of carbonyl (C=O) groups is 2. The monoisotopic (exact) mass is 461 g/mol. The first-order chi connectivity index (χ1) is 14.8. The number of urea groups is 1. The fourth-order valence-corrected chi connectivity index (χ4v) is 5.45. The van der Waals surface area contributed by atoms with Crippen molar-refractivity contribution in [1.29, 1.82) is 0 Å². The second kappa shape index (κ2) is 9.55. The summed E-state index contributed by atoms with van der Waals surface area (Å²) in [6.45, 7) is 4.88. The third kappa shape index (κ3) is 5.65. The number of hydrogen-bond acceptors (Lipinski definition) is 8. The van der Waals surface area contributed by atoms with Crippen molar-refractivity contribution in [3.63, 3.8) is 0 Å². The van der Waals surface area contributed by atoms with Gasteiger partial charge in [0.05, 0.1) is 12.6 Å². The summed E-state index contributed by atoms with van der Waals surface area (Å²) in [4.78, 5) is 34.1. The quantitative estimate of drug-likeness (QED) is 0.322. The number of hydroxylamine groups is 3. The van der Waals surface area contributed by atoms with Crippen LogP contribution in [0.15, 0.2) is 0 Å². The molecular formula is C18H31N5O7S. The molecule has 3 N–H and O–H groups in total. The van der Waals surface area contributed by atoms with Crippen LogP contribution in [0, 0.1) is 5.92 Å². The van der Waals surface area contributed by atoms with Crippen LogP contribution in [0.1, 0.15) is 38.5 Å². The summed E-state index contributed by atoms with van der Waals surface area (Å²) in [6.07, 6.45) is 5.59. The summed E-state index contributed by atoms with van der Waals surface area (Å²) in [7, 11) is -4.81. The Balaban J connectivity index is 1.19. The van der Waals surface area contributed by atoms with E-state index in [-0.39, 0.29) is 12.6 Å². The molecule has 4 atom stereocenters. The van der Waals surface area contributed by atoms with E-state index in [1.54, 1.807) is 0 Å². The molecule has 4 saturated heterocycles. The lowest BCUT2D eigenvalue weighted by Crippen LogP contribution is -2.50. The smallest absolute Gasteiger partial charge is 0.311 e. The fourth-order valence-electron chi connectivity index (χ4n) is 5.06. The summed E-state index contributed by atoms with van der Waals surface area (Å²) >= 11 is 0. The van der Waals surface area contributed by atoms with Crippen molar-refractivity contribution in [3.05, 3.63) is 0 Å². The summed E-state index contributed by atoms with van der Waals surface area (Å²) in [5.74, 6) is 0.122. The van der Waals surface area contributed by atoms with Crippen LogP contribution in [0.2, 0.25) is 0 Å². The summed E-state index contributed by atoms with van der Waals surface area (Å²) in [5.41, 5.74) is 2.43. The Labute approximate surface area is 182 Å². The molecule has 0 spiro atoms. The average molecular weight is 462 g/mol. The third-order valence-electron chi connectivity index (χ3n) is 6.54. The molecule has 0 aromatic rings. The highest BCUT2D eigenvalue weighted by atomic mass is 32.3. The van der Waals surface area contributed by atoms with E-state index >= 15 is 0 Å². The Kier molecular flexibility index (Phi) is 6.98. The lowest BCUT2D eigenvalue weighted by Gasteiger charge is -2.29. The summed E-state index contributed by atoms with van der Waals surface area (Å²) in [5, 5.41) is 4.06. The predicted molar refractivity (Wildman–Crippen MR) is 108 cm³/mol. The average Bonchev–Trinajstić information content (AvgIpc) is 3.26. The third-order valence-corrected chi connectivity index (χ3v) is 6.88. The number of fused-ring (bicyclic) bond motifs is 2. The Bertz CT molecular complexity index is 775. The van der Waals surface area contributed by atoms with Crippen LogP contribution >= 0.6 is 0 Å². The summed E-state index contributed by atoms with van der Waals surface area (Å²) in [6, 6.07) is -1.91. The van der Waals surface area contributed by atoms with Crippen molar-refractivity contribution in [2.45, 2.75) is 56.7 Å². The van der Waals surface area contributed by atoms with Gasteiger partial charge in [0, 0.05) is 19.1 Å². The van der Waals surface area contributed by atoms with E-state index in [4.69, 9.17) is 9.39 Å². The van der Waals surface area contributed by atoms with Gasteiger partial charge in [-0.1, -0.05) is 6.42 Å². The minimum atomic E-state index is -4.81. The molecule has 13 heteroatoms. The van der Waals surface area contributed by atoms with Crippen LogP contribution in [0.25, 0.3) is 0 Å². The van der Waals surface area contributed by atoms with Crippen LogP contribution in [0.3, 0.4) is 0 Å². The molecule has 4 fully saturated rings. The number of nitrogens with one attached hydrogen (secondary N) is 2. The van der Waals surface area contributed by atoms with Crippen LogP contribution in [-0.2, 0) is 24.3 Å². The number of carbonyl (C=O) groups excluding carboxylic acids is 2. The molecule has 0 aromatic heterocycles. The van der Waals surface area contributed by atoms with Gasteiger partial charge in [0.15, 0.2) is 0 Å². The number of amides is 3. The molecule has 176 valence electrons. The zero-order valence-corrected chi connectivity index (χ0v) is 18.3. The lowest BCUT2D eigenvalue weighted by atomic mass is 10.0. The predicted octanol–water partition coefficient (Wildman–Crippen LogP) is -0.499. The van der Waals surface area contributed by atoms with Crippen LogP contribution in [-0.4, -0.2) is 97.2 Å². The SMILES string of the molecule is O=C(NOC[C@@H]1C[C@H](CN2CCCCC2)CN1)[C@@H]1CC[C@@H]2CN1C(=O)N2OS(=O)(=O)O. The number of hydrogen-bond donors (Lipinski definition) is 3. The molecule has 0 aliphatic carbocycles. The first kappa shape index (κ1) is 22.7. The zero-order chi connectivity index (χ0) is 22.0. The van der Waals surface area contributed by atoms with Crippen molar-refractivity contribution < 1.29 is 31.7 Å². The van der Waals surface area contributed by atoms with Crippen molar-refractivity contribution in [1.82, 2.24) is 25.7 Å². The zero-order valence-electron chi connectivity index (χ0n) is 17.4. The minimum absolute atomic E-state index is 0.148. The van der Waals surface area contributed by atoms with E-state index in [2.05, 4.69) is 20.0 Å². The van der Waals surface area contributed by atoms with Crippen LogP contribution < -0.4 is 10.8 Å². The van der Waals surface area contributed by atoms with E-state index in [1.807, 2.05) is 0 Å². The maximum Gasteiger partial charge on any atom is 0.418 e. The van der Waals surface area contributed by atoms with Gasteiger partial charge in [0.2, 0.25) is 0 Å². The van der Waals surface area contributed by atoms with Gasteiger partial charge < -0.3 is 15.1 Å². The molecule has 4 aliphatic heterocycles. The van der Waals surface area contributed by atoms with Crippen molar-refractivity contribution in [2.75, 3.05) is 39.3 Å². The lowest BCUT2D eigenvalue weighted by molar-refractivity contribution is -0.139. The molecular weight excluding hydrogens is 430 g/mol. The molecule has 2 bridgehead atoms. The van der Waals surface area contributed by atoms with Crippen LogP contribution in [0.5, 0.6) is 0 Å². The highest BCUT2D eigenvalue weighted by molar-refractivity contribution is 7.80. The van der Waals surface area contributed by atoms with Gasteiger partial charge in [0.25, 0.3) is 5.91 Å². The van der Waals surface area contributed by atoms with Gasteiger partial charge in [-0.15, -0.1) is 4.28 Å². The Morgan fingerprint density at radius 1 is 1.23 bits per heavy atom. The normalized spacial score (nSPS) is 32.0. The molecule has 0 aromatic carbocycles. The highest BCUT2D eigenvalue weighted by Gasteiger charge is 2.49. The number of piperidine rings is 2. The van der Waals surface area contributed by atoms with Gasteiger partial charge in [-0.2, -0.15) is 13.5 Å².